The SMILES string of the molecule is COC(=O)CC(C(=O)OC)C(=O)C(=O)OC. The molecular formula is C9H12O7. The minimum atomic E-state index is -1.52. The van der Waals surface area contributed by atoms with Crippen LogP contribution < -0.4 is 0 Å². The zero-order valence-electron chi connectivity index (χ0n) is 9.14. The van der Waals surface area contributed by atoms with Gasteiger partial charge >= 0.3 is 17.9 Å². The first kappa shape index (κ1) is 14.1. The normalized spacial score (nSPS) is 11.2. The van der Waals surface area contributed by atoms with Gasteiger partial charge in [0, 0.05) is 0 Å². The van der Waals surface area contributed by atoms with Crippen molar-refractivity contribution >= 4 is 23.7 Å². The van der Waals surface area contributed by atoms with Gasteiger partial charge in [0.05, 0.1) is 27.8 Å². The van der Waals surface area contributed by atoms with E-state index in [4.69, 9.17) is 0 Å². The van der Waals surface area contributed by atoms with Crippen LogP contribution in [0.2, 0.25) is 0 Å². The maximum atomic E-state index is 11.3. The van der Waals surface area contributed by atoms with Crippen molar-refractivity contribution in [1.29, 1.82) is 0 Å². The van der Waals surface area contributed by atoms with Gasteiger partial charge < -0.3 is 14.2 Å². The van der Waals surface area contributed by atoms with Crippen molar-refractivity contribution < 1.29 is 33.4 Å². The van der Waals surface area contributed by atoms with Gasteiger partial charge in [-0.25, -0.2) is 4.79 Å². The van der Waals surface area contributed by atoms with E-state index in [1.54, 1.807) is 0 Å². The molecule has 7 nitrogen and oxygen atoms in total. The molecule has 0 aliphatic heterocycles. The third kappa shape index (κ3) is 3.68. The van der Waals surface area contributed by atoms with Crippen molar-refractivity contribution in [2.24, 2.45) is 5.92 Å². The summed E-state index contributed by atoms with van der Waals surface area (Å²) in [5, 5.41) is 0. The topological polar surface area (TPSA) is 96.0 Å². The second-order valence-electron chi connectivity index (χ2n) is 2.71. The van der Waals surface area contributed by atoms with Gasteiger partial charge in [0.25, 0.3) is 5.78 Å². The fourth-order valence-corrected chi connectivity index (χ4v) is 0.918. The molecule has 1 unspecified atom stereocenters. The largest absolute Gasteiger partial charge is 0.469 e. The van der Waals surface area contributed by atoms with E-state index in [0.29, 0.717) is 0 Å². The average Bonchev–Trinajstić information content (AvgIpc) is 2.32. The smallest absolute Gasteiger partial charge is 0.375 e. The molecular weight excluding hydrogens is 220 g/mol. The third-order valence-electron chi connectivity index (χ3n) is 1.79. The Morgan fingerprint density at radius 2 is 1.50 bits per heavy atom. The third-order valence-corrected chi connectivity index (χ3v) is 1.79. The Labute approximate surface area is 91.6 Å². The molecule has 0 saturated carbocycles. The van der Waals surface area contributed by atoms with Crippen LogP contribution in [-0.2, 0) is 33.4 Å². The summed E-state index contributed by atoms with van der Waals surface area (Å²) in [6.07, 6.45) is -0.558. The first-order valence-corrected chi connectivity index (χ1v) is 4.24. The second-order valence-corrected chi connectivity index (χ2v) is 2.71. The predicted molar refractivity (Wildman–Crippen MR) is 49.2 cm³/mol. The summed E-state index contributed by atoms with van der Waals surface area (Å²) in [7, 11) is 3.13. The van der Waals surface area contributed by atoms with Crippen LogP contribution in [0.25, 0.3) is 0 Å². The Hall–Kier alpha value is -1.92. The van der Waals surface area contributed by atoms with Gasteiger partial charge in [0.2, 0.25) is 0 Å². The number of ether oxygens (including phenoxy) is 3. The van der Waals surface area contributed by atoms with Crippen LogP contribution in [0.4, 0.5) is 0 Å². The molecule has 0 aromatic heterocycles. The highest BCUT2D eigenvalue weighted by Crippen LogP contribution is 2.09. The van der Waals surface area contributed by atoms with Crippen molar-refractivity contribution in [3.8, 4) is 0 Å². The molecule has 1 atom stereocenters. The molecule has 0 rings (SSSR count). The van der Waals surface area contributed by atoms with Gasteiger partial charge in [-0.15, -0.1) is 0 Å². The Morgan fingerprint density at radius 1 is 0.938 bits per heavy atom. The van der Waals surface area contributed by atoms with E-state index < -0.39 is 36.0 Å². The van der Waals surface area contributed by atoms with Gasteiger partial charge in [0.1, 0.15) is 5.92 Å². The Bertz CT molecular complexity index is 307. The van der Waals surface area contributed by atoms with Crippen molar-refractivity contribution in [2.45, 2.75) is 6.42 Å². The van der Waals surface area contributed by atoms with Crippen LogP contribution in [0.1, 0.15) is 6.42 Å². The molecule has 0 spiro atoms. The van der Waals surface area contributed by atoms with E-state index in [2.05, 4.69) is 14.2 Å². The van der Waals surface area contributed by atoms with Gasteiger partial charge in [-0.1, -0.05) is 0 Å². The first-order valence-electron chi connectivity index (χ1n) is 4.24. The standard InChI is InChI=1S/C9H12O7/c1-14-6(10)4-5(8(12)15-2)7(11)9(13)16-3/h5H,4H2,1-3H3. The molecule has 7 heteroatoms. The van der Waals surface area contributed by atoms with E-state index in [1.165, 1.54) is 0 Å². The number of methoxy groups -OCH3 is 3. The number of Topliss-reactive ketones (excluding diaryl/α,β-unsaturated/α-hetero) is 1. The van der Waals surface area contributed by atoms with E-state index in [9.17, 15) is 19.2 Å². The fourth-order valence-electron chi connectivity index (χ4n) is 0.918. The predicted octanol–water partition coefficient (Wildman–Crippen LogP) is -0.919. The van der Waals surface area contributed by atoms with Crippen LogP contribution in [-0.4, -0.2) is 45.0 Å². The zero-order valence-corrected chi connectivity index (χ0v) is 9.14. The van der Waals surface area contributed by atoms with Crippen molar-refractivity contribution in [1.82, 2.24) is 0 Å². The zero-order chi connectivity index (χ0) is 12.7. The molecule has 0 aliphatic carbocycles. The molecule has 0 N–H and O–H groups in total. The number of esters is 3. The molecule has 0 aromatic carbocycles. The van der Waals surface area contributed by atoms with Crippen LogP contribution >= 0.6 is 0 Å². The van der Waals surface area contributed by atoms with E-state index in [0.717, 1.165) is 21.3 Å². The number of ketones is 1. The fraction of sp³-hybridized carbons (Fsp3) is 0.556. The lowest BCUT2D eigenvalue weighted by Crippen LogP contribution is -2.33. The summed E-state index contributed by atoms with van der Waals surface area (Å²) in [5.74, 6) is -5.66. The van der Waals surface area contributed by atoms with Crippen LogP contribution in [0.15, 0.2) is 0 Å². The van der Waals surface area contributed by atoms with E-state index >= 15 is 0 Å². The molecule has 0 aliphatic rings. The van der Waals surface area contributed by atoms with Gasteiger partial charge in [0.15, 0.2) is 0 Å². The van der Waals surface area contributed by atoms with Gasteiger partial charge in [-0.05, 0) is 0 Å². The van der Waals surface area contributed by atoms with Crippen LogP contribution in [0, 0.1) is 5.92 Å². The first-order chi connectivity index (χ1) is 7.47. The van der Waals surface area contributed by atoms with E-state index in [1.807, 2.05) is 0 Å². The molecule has 0 amide bonds. The van der Waals surface area contributed by atoms with Crippen molar-refractivity contribution in [3.05, 3.63) is 0 Å². The maximum absolute atomic E-state index is 11.3. The molecule has 0 saturated heterocycles. The quantitative estimate of drug-likeness (QED) is 0.262. The van der Waals surface area contributed by atoms with Crippen molar-refractivity contribution in [2.75, 3.05) is 21.3 Å². The minimum Gasteiger partial charge on any atom is -0.469 e. The van der Waals surface area contributed by atoms with E-state index in [-0.39, 0.29) is 0 Å². The molecule has 0 radical (unpaired) electrons. The number of carbonyl (C=O) groups is 4. The highest BCUT2D eigenvalue weighted by molar-refractivity contribution is 6.38. The molecule has 90 valence electrons. The number of hydrogen-bond acceptors (Lipinski definition) is 7. The Morgan fingerprint density at radius 3 is 1.88 bits per heavy atom. The number of carbonyl (C=O) groups excluding carboxylic acids is 4. The van der Waals surface area contributed by atoms with Gasteiger partial charge in [-0.2, -0.15) is 0 Å². The molecule has 0 fully saturated rings. The lowest BCUT2D eigenvalue weighted by atomic mass is 10.0. The summed E-state index contributed by atoms with van der Waals surface area (Å²) < 4.78 is 12.7. The second kappa shape index (κ2) is 6.54. The average molecular weight is 232 g/mol. The maximum Gasteiger partial charge on any atom is 0.375 e. The van der Waals surface area contributed by atoms with Crippen LogP contribution in [0.5, 0.6) is 0 Å². The Balaban J connectivity index is 4.80. The monoisotopic (exact) mass is 232 g/mol. The lowest BCUT2D eigenvalue weighted by molar-refractivity contribution is -0.162. The summed E-state index contributed by atoms with van der Waals surface area (Å²) >= 11 is 0. The Kier molecular flexibility index (Phi) is 5.76. The number of rotatable bonds is 5. The highest BCUT2D eigenvalue weighted by Gasteiger charge is 2.35. The molecule has 0 aromatic rings. The summed E-state index contributed by atoms with van der Waals surface area (Å²) in [6.45, 7) is 0. The molecule has 0 bridgehead atoms. The molecule has 0 heterocycles. The lowest BCUT2D eigenvalue weighted by Gasteiger charge is -2.10. The van der Waals surface area contributed by atoms with Crippen LogP contribution in [0.3, 0.4) is 0 Å². The number of hydrogen-bond donors (Lipinski definition) is 0. The summed E-state index contributed by atoms with van der Waals surface area (Å²) in [5.41, 5.74) is 0. The minimum absolute atomic E-state index is 0.558. The summed E-state index contributed by atoms with van der Waals surface area (Å²) in [4.78, 5) is 44.3. The molecule has 16 heavy (non-hydrogen) atoms. The summed E-state index contributed by atoms with van der Waals surface area (Å²) in [6, 6.07) is 0. The van der Waals surface area contributed by atoms with Crippen molar-refractivity contribution in [3.63, 3.8) is 0 Å². The highest BCUT2D eigenvalue weighted by atomic mass is 16.5. The van der Waals surface area contributed by atoms with Gasteiger partial charge in [-0.3, -0.25) is 14.4 Å².